The van der Waals surface area contributed by atoms with Gasteiger partial charge in [-0.2, -0.15) is 0 Å². The minimum atomic E-state index is -0.293. The van der Waals surface area contributed by atoms with Crippen molar-refractivity contribution in [3.05, 3.63) is 54.4 Å². The fourth-order valence-corrected chi connectivity index (χ4v) is 2.74. The van der Waals surface area contributed by atoms with Crippen molar-refractivity contribution < 1.29 is 14.3 Å². The molecule has 1 saturated heterocycles. The molecule has 3 rings (SSSR count). The second kappa shape index (κ2) is 7.65. The number of amides is 3. The molecule has 2 heterocycles. The molecule has 0 spiro atoms. The number of carbonyl (C=O) groups excluding carboxylic acids is 2. The zero-order valence-electron chi connectivity index (χ0n) is 13.9. The zero-order chi connectivity index (χ0) is 17.6. The van der Waals surface area contributed by atoms with Gasteiger partial charge in [0.25, 0.3) is 0 Å². The van der Waals surface area contributed by atoms with E-state index in [1.807, 2.05) is 36.4 Å². The maximum Gasteiger partial charge on any atom is 0.315 e. The number of hydrogen-bond acceptors (Lipinski definition) is 4. The Balaban J connectivity index is 1.52. The lowest BCUT2D eigenvalue weighted by Gasteiger charge is -2.17. The first-order chi connectivity index (χ1) is 12.2. The summed E-state index contributed by atoms with van der Waals surface area (Å²) in [6.07, 6.45) is 3.67. The number of urea groups is 1. The summed E-state index contributed by atoms with van der Waals surface area (Å²) < 4.78 is 5.12. The van der Waals surface area contributed by atoms with Gasteiger partial charge in [-0.05, 0) is 35.9 Å². The van der Waals surface area contributed by atoms with Gasteiger partial charge in [0.2, 0.25) is 5.91 Å². The van der Waals surface area contributed by atoms with E-state index in [4.69, 9.17) is 4.74 Å². The topological polar surface area (TPSA) is 83.6 Å². The summed E-state index contributed by atoms with van der Waals surface area (Å²) in [5.41, 5.74) is 1.71. The van der Waals surface area contributed by atoms with Gasteiger partial charge >= 0.3 is 6.03 Å². The summed E-state index contributed by atoms with van der Waals surface area (Å²) in [6, 6.07) is 10.5. The van der Waals surface area contributed by atoms with Crippen LogP contribution < -0.4 is 20.3 Å². The molecule has 7 nitrogen and oxygen atoms in total. The van der Waals surface area contributed by atoms with Crippen LogP contribution in [-0.4, -0.2) is 36.6 Å². The molecule has 0 bridgehead atoms. The molecule has 0 aliphatic carbocycles. The number of benzene rings is 1. The lowest BCUT2D eigenvalue weighted by Crippen LogP contribution is -2.43. The Kier molecular flexibility index (Phi) is 5.13. The van der Waals surface area contributed by atoms with Gasteiger partial charge in [0.05, 0.1) is 13.2 Å². The van der Waals surface area contributed by atoms with Gasteiger partial charge in [-0.25, -0.2) is 4.79 Å². The van der Waals surface area contributed by atoms with Crippen LogP contribution in [0.4, 0.5) is 10.5 Å². The Morgan fingerprint density at radius 3 is 2.80 bits per heavy atom. The van der Waals surface area contributed by atoms with Crippen molar-refractivity contribution in [2.75, 3.05) is 18.6 Å². The van der Waals surface area contributed by atoms with Crippen LogP contribution in [0, 0.1) is 0 Å². The van der Waals surface area contributed by atoms with Crippen molar-refractivity contribution in [1.82, 2.24) is 15.6 Å². The molecule has 2 N–H and O–H groups in total. The first kappa shape index (κ1) is 16.8. The van der Waals surface area contributed by atoms with Crippen molar-refractivity contribution in [3.8, 4) is 5.75 Å². The first-order valence-corrected chi connectivity index (χ1v) is 8.03. The average Bonchev–Trinajstić information content (AvgIpc) is 3.01. The average molecular weight is 340 g/mol. The van der Waals surface area contributed by atoms with Crippen LogP contribution in [0.2, 0.25) is 0 Å². The largest absolute Gasteiger partial charge is 0.497 e. The highest BCUT2D eigenvalue weighted by atomic mass is 16.5. The quantitative estimate of drug-likeness (QED) is 0.868. The van der Waals surface area contributed by atoms with E-state index in [2.05, 4.69) is 15.6 Å². The van der Waals surface area contributed by atoms with E-state index in [0.29, 0.717) is 13.1 Å². The molecule has 1 aliphatic heterocycles. The van der Waals surface area contributed by atoms with E-state index in [1.165, 1.54) is 0 Å². The summed E-state index contributed by atoms with van der Waals surface area (Å²) in [7, 11) is 1.60. The van der Waals surface area contributed by atoms with E-state index in [9.17, 15) is 9.59 Å². The maximum atomic E-state index is 12.2. The molecule has 0 radical (unpaired) electrons. The van der Waals surface area contributed by atoms with Crippen molar-refractivity contribution in [2.45, 2.75) is 19.0 Å². The number of pyridine rings is 1. The number of methoxy groups -OCH3 is 1. The summed E-state index contributed by atoms with van der Waals surface area (Å²) >= 11 is 0. The van der Waals surface area contributed by atoms with Gasteiger partial charge in [0.15, 0.2) is 0 Å². The molecule has 2 aromatic rings. The van der Waals surface area contributed by atoms with Crippen LogP contribution in [0.5, 0.6) is 5.75 Å². The third-order valence-electron chi connectivity index (χ3n) is 4.02. The molecule has 1 aromatic heterocycles. The van der Waals surface area contributed by atoms with Gasteiger partial charge in [-0.15, -0.1) is 0 Å². The van der Waals surface area contributed by atoms with Crippen LogP contribution in [0.1, 0.15) is 12.0 Å². The number of rotatable bonds is 5. The highest BCUT2D eigenvalue weighted by molar-refractivity contribution is 5.96. The summed E-state index contributed by atoms with van der Waals surface area (Å²) in [6.45, 7) is 0.841. The zero-order valence-corrected chi connectivity index (χ0v) is 13.9. The Morgan fingerprint density at radius 1 is 1.32 bits per heavy atom. The van der Waals surface area contributed by atoms with Crippen molar-refractivity contribution >= 4 is 17.6 Å². The molecule has 0 saturated carbocycles. The van der Waals surface area contributed by atoms with Crippen molar-refractivity contribution in [2.24, 2.45) is 0 Å². The number of anilines is 1. The Labute approximate surface area is 146 Å². The van der Waals surface area contributed by atoms with Crippen molar-refractivity contribution in [1.29, 1.82) is 0 Å². The number of carbonyl (C=O) groups is 2. The lowest BCUT2D eigenvalue weighted by molar-refractivity contribution is -0.117. The molecular formula is C18H20N4O3. The minimum Gasteiger partial charge on any atom is -0.497 e. The maximum absolute atomic E-state index is 12.2. The highest BCUT2D eigenvalue weighted by Gasteiger charge is 2.31. The van der Waals surface area contributed by atoms with Gasteiger partial charge in [-0.1, -0.05) is 6.07 Å². The number of ether oxygens (including phenoxy) is 1. The predicted molar refractivity (Wildman–Crippen MR) is 93.4 cm³/mol. The third kappa shape index (κ3) is 4.26. The Bertz CT molecular complexity index is 734. The molecule has 3 amide bonds. The van der Waals surface area contributed by atoms with Gasteiger partial charge in [0.1, 0.15) is 5.75 Å². The standard InChI is InChI=1S/C18H20N4O3/c1-25-16-6-4-15(5-7-16)22-12-14(9-17(22)23)21-18(24)20-11-13-3-2-8-19-10-13/h2-8,10,14H,9,11-12H2,1H3,(H2,20,21,24)/t14-/m0/s1. The molecule has 7 heteroatoms. The molecule has 1 aromatic carbocycles. The van der Waals surface area contributed by atoms with Gasteiger partial charge in [0, 0.05) is 37.6 Å². The monoisotopic (exact) mass is 340 g/mol. The van der Waals surface area contributed by atoms with E-state index in [0.717, 1.165) is 17.0 Å². The van der Waals surface area contributed by atoms with Crippen LogP contribution in [-0.2, 0) is 11.3 Å². The van der Waals surface area contributed by atoms with Crippen LogP contribution in [0.3, 0.4) is 0 Å². The molecule has 1 aliphatic rings. The van der Waals surface area contributed by atoms with Gasteiger partial charge < -0.3 is 20.3 Å². The van der Waals surface area contributed by atoms with E-state index in [-0.39, 0.29) is 24.4 Å². The number of hydrogen-bond donors (Lipinski definition) is 2. The van der Waals surface area contributed by atoms with Crippen LogP contribution >= 0.6 is 0 Å². The smallest absolute Gasteiger partial charge is 0.315 e. The molecule has 25 heavy (non-hydrogen) atoms. The number of aromatic nitrogens is 1. The molecule has 1 fully saturated rings. The first-order valence-electron chi connectivity index (χ1n) is 8.03. The third-order valence-corrected chi connectivity index (χ3v) is 4.02. The Hall–Kier alpha value is -3.09. The van der Waals surface area contributed by atoms with E-state index < -0.39 is 0 Å². The SMILES string of the molecule is COc1ccc(N2C[C@@H](NC(=O)NCc3cccnc3)CC2=O)cc1. The Morgan fingerprint density at radius 2 is 2.12 bits per heavy atom. The fraction of sp³-hybridized carbons (Fsp3) is 0.278. The van der Waals surface area contributed by atoms with E-state index >= 15 is 0 Å². The second-order valence-corrected chi connectivity index (χ2v) is 5.79. The summed E-state index contributed by atoms with van der Waals surface area (Å²) in [5, 5.41) is 5.62. The van der Waals surface area contributed by atoms with E-state index in [1.54, 1.807) is 24.4 Å². The normalized spacial score (nSPS) is 16.6. The number of nitrogens with one attached hydrogen (secondary N) is 2. The minimum absolute atomic E-state index is 0.0114. The summed E-state index contributed by atoms with van der Waals surface area (Å²) in [4.78, 5) is 29.9. The molecule has 130 valence electrons. The molecule has 0 unspecified atom stereocenters. The van der Waals surface area contributed by atoms with Crippen LogP contribution in [0.15, 0.2) is 48.8 Å². The second-order valence-electron chi connectivity index (χ2n) is 5.79. The molecule has 1 atom stereocenters. The summed E-state index contributed by atoms with van der Waals surface area (Å²) in [5.74, 6) is 0.725. The fourth-order valence-electron chi connectivity index (χ4n) is 2.74. The molecular weight excluding hydrogens is 320 g/mol. The lowest BCUT2D eigenvalue weighted by atomic mass is 10.2. The number of nitrogens with zero attached hydrogens (tertiary/aromatic N) is 2. The van der Waals surface area contributed by atoms with Crippen molar-refractivity contribution in [3.63, 3.8) is 0 Å². The predicted octanol–water partition coefficient (Wildman–Crippen LogP) is 1.69. The highest BCUT2D eigenvalue weighted by Crippen LogP contribution is 2.24. The van der Waals surface area contributed by atoms with Crippen LogP contribution in [0.25, 0.3) is 0 Å². The van der Waals surface area contributed by atoms with Gasteiger partial charge in [-0.3, -0.25) is 9.78 Å².